The second-order valence-corrected chi connectivity index (χ2v) is 7.80. The van der Waals surface area contributed by atoms with Crippen LogP contribution in [0.1, 0.15) is 19.5 Å². The van der Waals surface area contributed by atoms with Gasteiger partial charge >= 0.3 is 0 Å². The lowest BCUT2D eigenvalue weighted by molar-refractivity contribution is -0.122. The molecule has 1 aliphatic rings. The summed E-state index contributed by atoms with van der Waals surface area (Å²) in [6, 6.07) is 6.01. The van der Waals surface area contributed by atoms with E-state index in [4.69, 9.17) is 12.2 Å². The van der Waals surface area contributed by atoms with Crippen LogP contribution in [0.25, 0.3) is 6.08 Å². The molecule has 0 aliphatic carbocycles. The topological polar surface area (TPSA) is 53.5 Å². The van der Waals surface area contributed by atoms with Gasteiger partial charge in [0, 0.05) is 18.8 Å². The lowest BCUT2D eigenvalue weighted by Gasteiger charge is -2.18. The number of nitrogens with zero attached hydrogens (tertiary/aromatic N) is 3. The molecule has 2 aromatic rings. The number of thiocarbonyl (C=S) groups is 1. The van der Waals surface area contributed by atoms with E-state index in [1.54, 1.807) is 23.6 Å². The van der Waals surface area contributed by atoms with Crippen LogP contribution >= 0.6 is 35.3 Å². The van der Waals surface area contributed by atoms with Crippen molar-refractivity contribution in [3.8, 4) is 0 Å². The predicted octanol–water partition coefficient (Wildman–Crippen LogP) is 4.19. The fourth-order valence-electron chi connectivity index (χ4n) is 2.39. The number of aromatic nitrogens is 1. The van der Waals surface area contributed by atoms with Crippen molar-refractivity contribution in [1.82, 2.24) is 9.88 Å². The van der Waals surface area contributed by atoms with Gasteiger partial charge < -0.3 is 0 Å². The molecule has 2 heterocycles. The maximum atomic E-state index is 14.1. The number of thioether (sulfide) groups is 1. The quantitative estimate of drug-likeness (QED) is 0.562. The third-order valence-electron chi connectivity index (χ3n) is 3.58. The molecule has 3 rings (SSSR count). The number of amides is 2. The van der Waals surface area contributed by atoms with E-state index in [1.807, 2.05) is 6.92 Å². The normalized spacial score (nSPS) is 15.8. The lowest BCUT2D eigenvalue weighted by Crippen LogP contribution is -2.27. The summed E-state index contributed by atoms with van der Waals surface area (Å²) in [6.07, 6.45) is 1.63. The van der Waals surface area contributed by atoms with Crippen LogP contribution in [0, 0.1) is 5.82 Å². The van der Waals surface area contributed by atoms with Crippen LogP contribution in [0.5, 0.6) is 0 Å². The number of hydrogen-bond acceptors (Lipinski definition) is 6. The van der Waals surface area contributed by atoms with Gasteiger partial charge in [-0.25, -0.2) is 9.37 Å². The van der Waals surface area contributed by atoms with E-state index in [9.17, 15) is 14.0 Å². The number of rotatable bonds is 4. The molecule has 1 saturated heterocycles. The average molecular weight is 408 g/mol. The van der Waals surface area contributed by atoms with Crippen molar-refractivity contribution in [3.05, 3.63) is 46.1 Å². The summed E-state index contributed by atoms with van der Waals surface area (Å²) in [5.74, 6) is -1.02. The fourth-order valence-corrected chi connectivity index (χ4v) is 4.60. The lowest BCUT2D eigenvalue weighted by atomic mass is 10.3. The number of carbonyl (C=O) groups excluding carboxylic acids is 2. The van der Waals surface area contributed by atoms with E-state index in [2.05, 4.69) is 4.98 Å². The van der Waals surface area contributed by atoms with Gasteiger partial charge in [-0.1, -0.05) is 36.1 Å². The van der Waals surface area contributed by atoms with Crippen LogP contribution < -0.4 is 4.90 Å². The maximum absolute atomic E-state index is 14.1. The zero-order valence-electron chi connectivity index (χ0n) is 13.9. The molecule has 0 atom stereocenters. The Bertz CT molecular complexity index is 925. The van der Waals surface area contributed by atoms with Crippen molar-refractivity contribution in [2.75, 3.05) is 11.4 Å². The van der Waals surface area contributed by atoms with Crippen LogP contribution in [-0.2, 0) is 9.59 Å². The Morgan fingerprint density at radius 3 is 2.77 bits per heavy atom. The van der Waals surface area contributed by atoms with Gasteiger partial charge in [0.2, 0.25) is 5.91 Å². The second kappa shape index (κ2) is 7.65. The van der Waals surface area contributed by atoms with Crippen LogP contribution in [0.4, 0.5) is 15.2 Å². The molecule has 26 heavy (non-hydrogen) atoms. The van der Waals surface area contributed by atoms with Crippen molar-refractivity contribution in [2.45, 2.75) is 13.8 Å². The summed E-state index contributed by atoms with van der Waals surface area (Å²) in [4.78, 5) is 31.9. The summed E-state index contributed by atoms with van der Waals surface area (Å²) < 4.78 is 14.6. The molecule has 0 unspecified atom stereocenters. The highest BCUT2D eigenvalue weighted by Crippen LogP contribution is 2.34. The van der Waals surface area contributed by atoms with Gasteiger partial charge in [0.05, 0.1) is 16.3 Å². The van der Waals surface area contributed by atoms with Gasteiger partial charge in [-0.3, -0.25) is 19.4 Å². The molecule has 0 saturated carbocycles. The van der Waals surface area contributed by atoms with Crippen LogP contribution in [0.15, 0.2) is 34.6 Å². The highest BCUT2D eigenvalue weighted by Gasteiger charge is 2.31. The number of hydrogen-bond donors (Lipinski definition) is 0. The molecule has 0 bridgehead atoms. The number of para-hydroxylation sites is 1. The first kappa shape index (κ1) is 18.7. The third-order valence-corrected chi connectivity index (χ3v) is 5.80. The zero-order chi connectivity index (χ0) is 18.8. The fraction of sp³-hybridized carbons (Fsp3) is 0.176. The third kappa shape index (κ3) is 3.55. The number of thiazole rings is 1. The number of likely N-dealkylation sites (N-methyl/N-ethyl adjacent to an activating group) is 1. The van der Waals surface area contributed by atoms with Crippen LogP contribution in [-0.4, -0.2) is 32.6 Å². The van der Waals surface area contributed by atoms with Gasteiger partial charge in [-0.15, -0.1) is 11.3 Å². The Hall–Kier alpha value is -2.10. The van der Waals surface area contributed by atoms with E-state index >= 15 is 0 Å². The summed E-state index contributed by atoms with van der Waals surface area (Å²) in [7, 11) is 0. The van der Waals surface area contributed by atoms with Crippen LogP contribution in [0.3, 0.4) is 0 Å². The summed E-state index contributed by atoms with van der Waals surface area (Å²) in [5.41, 5.74) is 0.655. The predicted molar refractivity (Wildman–Crippen MR) is 107 cm³/mol. The first-order valence-electron chi connectivity index (χ1n) is 7.68. The minimum atomic E-state index is -0.511. The minimum absolute atomic E-state index is 0.137. The summed E-state index contributed by atoms with van der Waals surface area (Å²) in [5, 5.41) is 2.05. The maximum Gasteiger partial charge on any atom is 0.266 e. The number of carbonyl (C=O) groups is 2. The average Bonchev–Trinajstić information content (AvgIpc) is 3.14. The van der Waals surface area contributed by atoms with E-state index < -0.39 is 5.82 Å². The Morgan fingerprint density at radius 2 is 2.15 bits per heavy atom. The molecule has 1 aromatic heterocycles. The molecule has 5 nitrogen and oxygen atoms in total. The Balaban J connectivity index is 1.93. The summed E-state index contributed by atoms with van der Waals surface area (Å²) in [6.45, 7) is 3.71. The van der Waals surface area contributed by atoms with Gasteiger partial charge in [-0.05, 0) is 25.1 Å². The van der Waals surface area contributed by atoms with E-state index in [1.165, 1.54) is 52.0 Å². The van der Waals surface area contributed by atoms with Crippen molar-refractivity contribution < 1.29 is 14.0 Å². The number of halogens is 1. The Morgan fingerprint density at radius 1 is 1.42 bits per heavy atom. The highest BCUT2D eigenvalue weighted by molar-refractivity contribution is 8.26. The van der Waals surface area contributed by atoms with E-state index in [0.717, 1.165) is 0 Å². The standard InChI is InChI=1S/C17H14FN3O2S3/c1-3-20-15(23)14(26-17(20)24)8-11-9-25-16(19-11)21(10(2)22)13-7-5-4-6-12(13)18/h4-9H,3H2,1-2H3/b14-8+. The first-order chi connectivity index (χ1) is 12.4. The van der Waals surface area contributed by atoms with Crippen LogP contribution in [0.2, 0.25) is 0 Å². The molecular formula is C17H14FN3O2S3. The van der Waals surface area contributed by atoms with Crippen molar-refractivity contribution in [3.63, 3.8) is 0 Å². The molecule has 0 N–H and O–H groups in total. The van der Waals surface area contributed by atoms with Crippen molar-refractivity contribution in [1.29, 1.82) is 0 Å². The number of anilines is 2. The Kier molecular flexibility index (Phi) is 5.49. The number of benzene rings is 1. The molecule has 1 fully saturated rings. The smallest absolute Gasteiger partial charge is 0.266 e. The Labute approximate surface area is 163 Å². The van der Waals surface area contributed by atoms with E-state index in [0.29, 0.717) is 26.6 Å². The van der Waals surface area contributed by atoms with Gasteiger partial charge in [-0.2, -0.15) is 0 Å². The molecular weight excluding hydrogens is 393 g/mol. The molecule has 0 spiro atoms. The molecule has 1 aliphatic heterocycles. The minimum Gasteiger partial charge on any atom is -0.293 e. The van der Waals surface area contributed by atoms with Gasteiger partial charge in [0.15, 0.2) is 5.13 Å². The molecule has 9 heteroatoms. The second-order valence-electron chi connectivity index (χ2n) is 5.29. The highest BCUT2D eigenvalue weighted by atomic mass is 32.2. The molecule has 2 amide bonds. The molecule has 1 aromatic carbocycles. The monoisotopic (exact) mass is 407 g/mol. The molecule has 0 radical (unpaired) electrons. The first-order valence-corrected chi connectivity index (χ1v) is 9.79. The van der Waals surface area contributed by atoms with Crippen molar-refractivity contribution in [2.24, 2.45) is 0 Å². The molecule has 134 valence electrons. The SMILES string of the molecule is CCN1C(=O)/C(=C\c2csc(N(C(C)=O)c3ccccc3F)n2)SC1=S. The zero-order valence-corrected chi connectivity index (χ0v) is 16.4. The largest absolute Gasteiger partial charge is 0.293 e. The summed E-state index contributed by atoms with van der Waals surface area (Å²) >= 11 is 7.60. The van der Waals surface area contributed by atoms with E-state index in [-0.39, 0.29) is 17.5 Å². The van der Waals surface area contributed by atoms with Crippen molar-refractivity contribution >= 4 is 68.3 Å². The van der Waals surface area contributed by atoms with Gasteiger partial charge in [0.25, 0.3) is 5.91 Å². The van der Waals surface area contributed by atoms with Gasteiger partial charge in [0.1, 0.15) is 10.1 Å².